The number of aromatic nitrogens is 3. The molecule has 0 bridgehead atoms. The zero-order chi connectivity index (χ0) is 25.4. The van der Waals surface area contributed by atoms with Crippen molar-refractivity contribution in [3.05, 3.63) is 47.8 Å². The summed E-state index contributed by atoms with van der Waals surface area (Å²) in [6.45, 7) is 1.21. The van der Waals surface area contributed by atoms with E-state index in [1.165, 1.54) is 4.90 Å². The fourth-order valence-corrected chi connectivity index (χ4v) is 4.49. The molecule has 0 spiro atoms. The van der Waals surface area contributed by atoms with Gasteiger partial charge in [-0.1, -0.05) is 12.1 Å². The molecule has 0 aliphatic carbocycles. The van der Waals surface area contributed by atoms with Crippen LogP contribution < -0.4 is 10.6 Å². The van der Waals surface area contributed by atoms with Gasteiger partial charge in [-0.25, -0.2) is 9.67 Å². The minimum absolute atomic E-state index is 0.128. The monoisotopic (exact) mass is 502 g/mol. The summed E-state index contributed by atoms with van der Waals surface area (Å²) in [5.41, 5.74) is 2.92. The second kappa shape index (κ2) is 9.41. The van der Waals surface area contributed by atoms with Gasteiger partial charge in [0.15, 0.2) is 11.9 Å². The van der Waals surface area contributed by atoms with E-state index in [9.17, 15) is 22.8 Å². The van der Waals surface area contributed by atoms with E-state index in [2.05, 4.69) is 15.4 Å². The molecule has 1 saturated heterocycles. The smallest absolute Gasteiger partial charge is 0.356 e. The second-order valence-corrected chi connectivity index (χ2v) is 9.00. The zero-order valence-electron chi connectivity index (χ0n) is 19.5. The molecule has 36 heavy (non-hydrogen) atoms. The molecule has 2 aliphatic rings. The third-order valence-corrected chi connectivity index (χ3v) is 6.36. The lowest BCUT2D eigenvalue weighted by molar-refractivity contribution is -0.158. The minimum Gasteiger partial charge on any atom is -0.356 e. The van der Waals surface area contributed by atoms with Crippen LogP contribution in [0.15, 0.2) is 36.7 Å². The van der Waals surface area contributed by atoms with Crippen LogP contribution in [-0.2, 0) is 16.1 Å². The largest absolute Gasteiger partial charge is 0.408 e. The van der Waals surface area contributed by atoms with E-state index in [1.807, 2.05) is 11.4 Å². The number of carbonyl (C=O) groups is 2. The van der Waals surface area contributed by atoms with Gasteiger partial charge in [0.05, 0.1) is 29.3 Å². The van der Waals surface area contributed by atoms with Crippen molar-refractivity contribution < 1.29 is 27.5 Å². The van der Waals surface area contributed by atoms with E-state index in [1.54, 1.807) is 35.3 Å². The fourth-order valence-electron chi connectivity index (χ4n) is 4.49. The lowest BCUT2D eigenvalue weighted by Crippen LogP contribution is -2.47. The third-order valence-electron chi connectivity index (χ3n) is 6.36. The average molecular weight is 502 g/mol. The summed E-state index contributed by atoms with van der Waals surface area (Å²) < 4.78 is 45.8. The molecule has 1 aromatic carbocycles. The Hall–Kier alpha value is -3.67. The molecule has 1 unspecified atom stereocenters. The SMILES string of the molecule is C[C@H](NC(=O)CN1Cc2cccc(Nc3cnc4c(cnn4C4CCCCO4)c3)c2C1=O)C(F)(F)F. The normalized spacial score (nSPS) is 18.8. The predicted molar refractivity (Wildman–Crippen MR) is 124 cm³/mol. The maximum absolute atomic E-state index is 13.1. The van der Waals surface area contributed by atoms with E-state index in [-0.39, 0.29) is 12.8 Å². The quantitative estimate of drug-likeness (QED) is 0.530. The number of nitrogens with one attached hydrogen (secondary N) is 2. The summed E-state index contributed by atoms with van der Waals surface area (Å²) in [6.07, 6.45) is 1.64. The van der Waals surface area contributed by atoms with Gasteiger partial charge in [0, 0.05) is 18.5 Å². The van der Waals surface area contributed by atoms with Crippen molar-refractivity contribution in [3.8, 4) is 0 Å². The van der Waals surface area contributed by atoms with Gasteiger partial charge in [0.2, 0.25) is 5.91 Å². The predicted octanol–water partition coefficient (Wildman–Crippen LogP) is 3.90. The van der Waals surface area contributed by atoms with Gasteiger partial charge in [-0.2, -0.15) is 18.3 Å². The molecule has 2 amide bonds. The molecule has 0 saturated carbocycles. The van der Waals surface area contributed by atoms with E-state index in [0.29, 0.717) is 34.8 Å². The van der Waals surface area contributed by atoms with E-state index < -0.39 is 30.6 Å². The number of ether oxygens (including phenoxy) is 1. The van der Waals surface area contributed by atoms with Crippen LogP contribution in [-0.4, -0.2) is 56.8 Å². The molecular weight excluding hydrogens is 477 g/mol. The summed E-state index contributed by atoms with van der Waals surface area (Å²) in [7, 11) is 0. The molecule has 3 aromatic rings. The van der Waals surface area contributed by atoms with Gasteiger partial charge in [-0.05, 0) is 43.9 Å². The number of rotatable bonds is 6. The number of hydrogen-bond donors (Lipinski definition) is 2. The van der Waals surface area contributed by atoms with Gasteiger partial charge in [-0.3, -0.25) is 9.59 Å². The molecular formula is C24H25F3N6O3. The number of halogens is 3. The first-order chi connectivity index (χ1) is 17.2. The molecule has 4 heterocycles. The molecule has 2 atom stereocenters. The lowest BCUT2D eigenvalue weighted by Gasteiger charge is -2.23. The van der Waals surface area contributed by atoms with Crippen LogP contribution >= 0.6 is 0 Å². The summed E-state index contributed by atoms with van der Waals surface area (Å²) in [5, 5.41) is 10.4. The highest BCUT2D eigenvalue weighted by atomic mass is 19.4. The number of amides is 2. The van der Waals surface area contributed by atoms with Crippen LogP contribution in [0, 0.1) is 0 Å². The lowest BCUT2D eigenvalue weighted by atomic mass is 10.1. The molecule has 2 aromatic heterocycles. The first kappa shape index (κ1) is 24.0. The number of nitrogens with zero attached hydrogens (tertiary/aromatic N) is 4. The Kier molecular flexibility index (Phi) is 6.29. The zero-order valence-corrected chi connectivity index (χ0v) is 19.5. The van der Waals surface area contributed by atoms with Crippen molar-refractivity contribution in [1.82, 2.24) is 25.0 Å². The molecule has 1 fully saturated rings. The molecule has 9 nitrogen and oxygen atoms in total. The van der Waals surface area contributed by atoms with Crippen LogP contribution in [0.4, 0.5) is 24.5 Å². The molecule has 0 radical (unpaired) electrons. The van der Waals surface area contributed by atoms with E-state index >= 15 is 0 Å². The number of alkyl halides is 3. The Morgan fingerprint density at radius 3 is 2.86 bits per heavy atom. The standard InChI is InChI=1S/C24H25F3N6O3/c1-14(24(25,26)27)30-19(34)13-32-12-15-5-4-6-18(21(15)23(32)35)31-17-9-16-10-29-33(22(16)28-11-17)20-7-2-3-8-36-20/h4-6,9-11,14,20,31H,2-3,7-8,12-13H2,1H3,(H,30,34)/t14-,20?/m0/s1. The number of carbonyl (C=O) groups excluding carboxylic acids is 2. The first-order valence-corrected chi connectivity index (χ1v) is 11.7. The van der Waals surface area contributed by atoms with Gasteiger partial charge in [0.1, 0.15) is 12.6 Å². The molecule has 12 heteroatoms. The van der Waals surface area contributed by atoms with Crippen molar-refractivity contribution in [2.45, 2.75) is 51.2 Å². The maximum atomic E-state index is 13.1. The Labute approximate surface area is 204 Å². The molecule has 5 rings (SSSR count). The summed E-state index contributed by atoms with van der Waals surface area (Å²) in [5.74, 6) is -1.30. The summed E-state index contributed by atoms with van der Waals surface area (Å²) >= 11 is 0. The van der Waals surface area contributed by atoms with Gasteiger partial charge < -0.3 is 20.3 Å². The maximum Gasteiger partial charge on any atom is 0.408 e. The molecule has 2 N–H and O–H groups in total. The highest BCUT2D eigenvalue weighted by Crippen LogP contribution is 2.32. The van der Waals surface area contributed by atoms with E-state index in [4.69, 9.17) is 4.74 Å². The summed E-state index contributed by atoms with van der Waals surface area (Å²) in [4.78, 5) is 31.0. The minimum atomic E-state index is -4.56. The Morgan fingerprint density at radius 1 is 1.28 bits per heavy atom. The fraction of sp³-hybridized carbons (Fsp3) is 0.417. The Bertz CT molecular complexity index is 1300. The highest BCUT2D eigenvalue weighted by Gasteiger charge is 2.38. The van der Waals surface area contributed by atoms with Crippen molar-refractivity contribution in [2.75, 3.05) is 18.5 Å². The van der Waals surface area contributed by atoms with Gasteiger partial charge in [0.25, 0.3) is 5.91 Å². The van der Waals surface area contributed by atoms with Crippen molar-refractivity contribution in [2.24, 2.45) is 0 Å². The van der Waals surface area contributed by atoms with Gasteiger partial charge in [-0.15, -0.1) is 0 Å². The Balaban J connectivity index is 1.31. The van der Waals surface area contributed by atoms with Crippen molar-refractivity contribution in [3.63, 3.8) is 0 Å². The van der Waals surface area contributed by atoms with Crippen LogP contribution in [0.25, 0.3) is 11.0 Å². The average Bonchev–Trinajstić information content (AvgIpc) is 3.40. The molecule has 190 valence electrons. The van der Waals surface area contributed by atoms with Crippen LogP contribution in [0.2, 0.25) is 0 Å². The van der Waals surface area contributed by atoms with Gasteiger partial charge >= 0.3 is 6.18 Å². The Morgan fingerprint density at radius 2 is 2.11 bits per heavy atom. The number of pyridine rings is 1. The van der Waals surface area contributed by atoms with Crippen molar-refractivity contribution >= 4 is 34.2 Å². The third kappa shape index (κ3) is 4.72. The van der Waals surface area contributed by atoms with Crippen LogP contribution in [0.3, 0.4) is 0 Å². The topological polar surface area (TPSA) is 101 Å². The van der Waals surface area contributed by atoms with Crippen LogP contribution in [0.5, 0.6) is 0 Å². The second-order valence-electron chi connectivity index (χ2n) is 9.00. The first-order valence-electron chi connectivity index (χ1n) is 11.7. The summed E-state index contributed by atoms with van der Waals surface area (Å²) in [6, 6.07) is 5.13. The van der Waals surface area contributed by atoms with E-state index in [0.717, 1.165) is 31.6 Å². The van der Waals surface area contributed by atoms with Crippen LogP contribution in [0.1, 0.15) is 48.3 Å². The number of anilines is 2. The molecule has 2 aliphatic heterocycles. The highest BCUT2D eigenvalue weighted by molar-refractivity contribution is 6.05. The number of fused-ring (bicyclic) bond motifs is 2. The van der Waals surface area contributed by atoms with Crippen molar-refractivity contribution in [1.29, 1.82) is 0 Å². The number of hydrogen-bond acceptors (Lipinski definition) is 6. The number of benzene rings is 1.